The molecule has 1 amide bonds. The van der Waals surface area contributed by atoms with Gasteiger partial charge in [0, 0.05) is 23.7 Å². The third-order valence-corrected chi connectivity index (χ3v) is 6.61. The number of hydrogen-bond donors (Lipinski definition) is 1. The van der Waals surface area contributed by atoms with Gasteiger partial charge in [0.1, 0.15) is 11.6 Å². The Morgan fingerprint density at radius 3 is 2.81 bits per heavy atom. The number of aromatic nitrogens is 4. The summed E-state index contributed by atoms with van der Waals surface area (Å²) in [6.45, 7) is 2.39. The lowest BCUT2D eigenvalue weighted by Gasteiger charge is -2.24. The fraction of sp³-hybridized carbons (Fsp3) is 0.304. The molecule has 0 atom stereocenters. The van der Waals surface area contributed by atoms with Crippen molar-refractivity contribution in [3.63, 3.8) is 0 Å². The largest absolute Gasteiger partial charge is 0.317 e. The summed E-state index contributed by atoms with van der Waals surface area (Å²) < 4.78 is 15.4. The molecule has 2 aliphatic rings. The van der Waals surface area contributed by atoms with E-state index in [0.29, 0.717) is 30.0 Å². The van der Waals surface area contributed by atoms with Crippen molar-refractivity contribution in [2.45, 2.75) is 38.5 Å². The Morgan fingerprint density at radius 2 is 2.03 bits per heavy atom. The van der Waals surface area contributed by atoms with Gasteiger partial charge in [-0.05, 0) is 67.6 Å². The van der Waals surface area contributed by atoms with Crippen molar-refractivity contribution in [2.75, 3.05) is 11.4 Å². The number of amides is 1. The maximum Gasteiger partial charge on any atom is 0.294 e. The minimum absolute atomic E-state index is 0.159. The predicted molar refractivity (Wildman–Crippen MR) is 114 cm³/mol. The first kappa shape index (κ1) is 18.2. The van der Waals surface area contributed by atoms with Crippen molar-refractivity contribution in [1.82, 2.24) is 19.6 Å². The number of carbonyl (C=O) groups is 1. The van der Waals surface area contributed by atoms with Crippen LogP contribution in [-0.2, 0) is 6.42 Å². The SMILES string of the molecule is Cc1cc2c(cc1C(=O)N1CCc3cc(F)ccc31)[nH]c(=O)c1nnc(C3CCC3)n12. The van der Waals surface area contributed by atoms with Crippen molar-refractivity contribution in [3.8, 4) is 0 Å². The number of benzene rings is 2. The minimum atomic E-state index is -0.324. The molecule has 8 heteroatoms. The number of carbonyl (C=O) groups excluding carboxylic acids is 1. The average molecular weight is 417 g/mol. The van der Waals surface area contributed by atoms with E-state index in [1.165, 1.54) is 12.1 Å². The van der Waals surface area contributed by atoms with E-state index in [1.807, 2.05) is 17.4 Å². The maximum atomic E-state index is 13.6. The highest BCUT2D eigenvalue weighted by atomic mass is 19.1. The van der Waals surface area contributed by atoms with Crippen LogP contribution in [0, 0.1) is 12.7 Å². The summed E-state index contributed by atoms with van der Waals surface area (Å²) in [6.07, 6.45) is 3.85. The first-order valence-electron chi connectivity index (χ1n) is 10.5. The monoisotopic (exact) mass is 417 g/mol. The summed E-state index contributed by atoms with van der Waals surface area (Å²) in [6, 6.07) is 8.16. The number of anilines is 1. The minimum Gasteiger partial charge on any atom is -0.317 e. The molecule has 2 aromatic heterocycles. The van der Waals surface area contributed by atoms with E-state index in [4.69, 9.17) is 0 Å². The molecule has 1 fully saturated rings. The maximum absolute atomic E-state index is 13.6. The summed E-state index contributed by atoms with van der Waals surface area (Å²) in [5.74, 6) is 0.663. The molecule has 31 heavy (non-hydrogen) atoms. The molecule has 7 nitrogen and oxygen atoms in total. The van der Waals surface area contributed by atoms with Crippen LogP contribution in [-0.4, -0.2) is 32.0 Å². The van der Waals surface area contributed by atoms with Crippen molar-refractivity contribution in [2.24, 2.45) is 0 Å². The molecule has 3 heterocycles. The Labute approximate surface area is 176 Å². The number of hydrogen-bond acceptors (Lipinski definition) is 4. The summed E-state index contributed by atoms with van der Waals surface area (Å²) in [4.78, 5) is 30.6. The molecule has 6 rings (SSSR count). The molecule has 0 bridgehead atoms. The van der Waals surface area contributed by atoms with Crippen molar-refractivity contribution in [3.05, 3.63) is 69.0 Å². The van der Waals surface area contributed by atoms with Crippen LogP contribution in [0.25, 0.3) is 16.7 Å². The summed E-state index contributed by atoms with van der Waals surface area (Å²) in [5.41, 5.74) is 4.20. The van der Waals surface area contributed by atoms with Crippen LogP contribution in [0.3, 0.4) is 0 Å². The highest BCUT2D eigenvalue weighted by Gasteiger charge is 2.29. The van der Waals surface area contributed by atoms with Crippen molar-refractivity contribution in [1.29, 1.82) is 0 Å². The molecule has 0 unspecified atom stereocenters. The molecule has 0 saturated heterocycles. The average Bonchev–Trinajstić information content (AvgIpc) is 3.31. The molecule has 1 saturated carbocycles. The number of aryl methyl sites for hydroxylation is 1. The molecular weight excluding hydrogens is 397 g/mol. The van der Waals surface area contributed by atoms with E-state index in [9.17, 15) is 14.0 Å². The fourth-order valence-corrected chi connectivity index (χ4v) is 4.72. The zero-order valence-electron chi connectivity index (χ0n) is 17.0. The Kier molecular flexibility index (Phi) is 3.81. The van der Waals surface area contributed by atoms with E-state index in [1.54, 1.807) is 17.0 Å². The number of nitrogens with one attached hydrogen (secondary N) is 1. The van der Waals surface area contributed by atoms with Gasteiger partial charge in [-0.1, -0.05) is 6.42 Å². The van der Waals surface area contributed by atoms with Gasteiger partial charge in [-0.3, -0.25) is 14.0 Å². The number of halogens is 1. The Morgan fingerprint density at radius 1 is 1.19 bits per heavy atom. The third kappa shape index (κ3) is 2.64. The van der Waals surface area contributed by atoms with Gasteiger partial charge in [0.25, 0.3) is 11.5 Å². The molecule has 2 aromatic carbocycles. The Hall–Kier alpha value is -3.55. The standard InChI is InChI=1S/C23H20FN5O2/c1-12-9-19-17(25-22(30)21-27-26-20(29(19)21)13-3-2-4-13)11-16(12)23(31)28-8-7-14-10-15(24)5-6-18(14)28/h5-6,9-11,13H,2-4,7-8H2,1H3,(H,25,30). The molecule has 4 aromatic rings. The highest BCUT2D eigenvalue weighted by molar-refractivity contribution is 6.09. The third-order valence-electron chi connectivity index (χ3n) is 6.61. The number of fused-ring (bicyclic) bond motifs is 4. The highest BCUT2D eigenvalue weighted by Crippen LogP contribution is 2.36. The van der Waals surface area contributed by atoms with Crippen LogP contribution < -0.4 is 10.5 Å². The topological polar surface area (TPSA) is 83.4 Å². The normalized spacial score (nSPS) is 16.1. The van der Waals surface area contributed by atoms with E-state index in [2.05, 4.69) is 15.2 Å². The van der Waals surface area contributed by atoms with Crippen LogP contribution in [0.5, 0.6) is 0 Å². The predicted octanol–water partition coefficient (Wildman–Crippen LogP) is 3.49. The first-order chi connectivity index (χ1) is 15.0. The van der Waals surface area contributed by atoms with Crippen LogP contribution in [0.4, 0.5) is 10.1 Å². The molecule has 1 aliphatic carbocycles. The quantitative estimate of drug-likeness (QED) is 0.541. The van der Waals surface area contributed by atoms with Gasteiger partial charge >= 0.3 is 0 Å². The van der Waals surface area contributed by atoms with Gasteiger partial charge in [0.15, 0.2) is 0 Å². The number of rotatable bonds is 2. The second kappa shape index (κ2) is 6.47. The number of aromatic amines is 1. The fourth-order valence-electron chi connectivity index (χ4n) is 4.72. The smallest absolute Gasteiger partial charge is 0.294 e. The van der Waals surface area contributed by atoms with Crippen molar-refractivity contribution < 1.29 is 9.18 Å². The molecule has 156 valence electrons. The summed E-state index contributed by atoms with van der Waals surface area (Å²) in [5, 5.41) is 8.41. The van der Waals surface area contributed by atoms with Crippen LogP contribution in [0.1, 0.15) is 52.5 Å². The van der Waals surface area contributed by atoms with Crippen LogP contribution >= 0.6 is 0 Å². The summed E-state index contributed by atoms with van der Waals surface area (Å²) >= 11 is 0. The lowest BCUT2D eigenvalue weighted by Crippen LogP contribution is -2.29. The van der Waals surface area contributed by atoms with E-state index >= 15 is 0 Å². The van der Waals surface area contributed by atoms with Gasteiger partial charge in [-0.2, -0.15) is 0 Å². The van der Waals surface area contributed by atoms with Crippen molar-refractivity contribution >= 4 is 28.3 Å². The van der Waals surface area contributed by atoms with Gasteiger partial charge in [0.05, 0.1) is 11.0 Å². The van der Waals surface area contributed by atoms with Crippen LogP contribution in [0.15, 0.2) is 35.1 Å². The van der Waals surface area contributed by atoms with Gasteiger partial charge < -0.3 is 9.88 Å². The zero-order valence-corrected chi connectivity index (χ0v) is 17.0. The van der Waals surface area contributed by atoms with Gasteiger partial charge in [0.2, 0.25) is 5.65 Å². The van der Waals surface area contributed by atoms with Gasteiger partial charge in [-0.15, -0.1) is 10.2 Å². The number of H-pyrrole nitrogens is 1. The van der Waals surface area contributed by atoms with E-state index in [-0.39, 0.29) is 22.9 Å². The molecule has 0 radical (unpaired) electrons. The molecule has 1 N–H and O–H groups in total. The Balaban J connectivity index is 1.50. The lowest BCUT2D eigenvalue weighted by atomic mass is 9.85. The lowest BCUT2D eigenvalue weighted by molar-refractivity contribution is 0.0989. The van der Waals surface area contributed by atoms with E-state index in [0.717, 1.165) is 47.4 Å². The Bertz CT molecular complexity index is 1450. The summed E-state index contributed by atoms with van der Waals surface area (Å²) in [7, 11) is 0. The molecular formula is C23H20FN5O2. The molecule has 0 spiro atoms. The zero-order chi connectivity index (χ0) is 21.3. The van der Waals surface area contributed by atoms with E-state index < -0.39 is 0 Å². The van der Waals surface area contributed by atoms with Crippen LogP contribution in [0.2, 0.25) is 0 Å². The second-order valence-electron chi connectivity index (χ2n) is 8.46. The second-order valence-corrected chi connectivity index (χ2v) is 8.46. The first-order valence-corrected chi connectivity index (χ1v) is 10.5. The molecule has 1 aliphatic heterocycles. The number of nitrogens with zero attached hydrogens (tertiary/aromatic N) is 4. The van der Waals surface area contributed by atoms with Gasteiger partial charge in [-0.25, -0.2) is 4.39 Å².